The first kappa shape index (κ1) is 23.2. The highest BCUT2D eigenvalue weighted by Crippen LogP contribution is 2.26. The van der Waals surface area contributed by atoms with E-state index >= 15 is 0 Å². The van der Waals surface area contributed by atoms with Crippen LogP contribution in [0.25, 0.3) is 0 Å². The maximum absolute atomic E-state index is 12.9. The molecule has 174 valence electrons. The Morgan fingerprint density at radius 1 is 1.09 bits per heavy atom. The lowest BCUT2D eigenvalue weighted by Gasteiger charge is -2.34. The van der Waals surface area contributed by atoms with Crippen LogP contribution in [0, 0.1) is 24.0 Å². The van der Waals surface area contributed by atoms with E-state index in [-0.39, 0.29) is 18.3 Å². The van der Waals surface area contributed by atoms with E-state index in [0.29, 0.717) is 59.9 Å². The number of nitrogens with zero attached hydrogens (tertiary/aromatic N) is 7. The van der Waals surface area contributed by atoms with Gasteiger partial charge in [0.2, 0.25) is 0 Å². The molecule has 10 nitrogen and oxygen atoms in total. The molecular formula is C21H23Cl2N7O3. The number of amides is 1. The fourth-order valence-corrected chi connectivity index (χ4v) is 4.48. The molecule has 12 heteroatoms. The van der Waals surface area contributed by atoms with Gasteiger partial charge >= 0.3 is 5.69 Å². The van der Waals surface area contributed by atoms with Gasteiger partial charge in [0.25, 0.3) is 5.91 Å². The zero-order chi connectivity index (χ0) is 23.7. The predicted octanol–water partition coefficient (Wildman–Crippen LogP) is 3.38. The Labute approximate surface area is 200 Å². The maximum atomic E-state index is 12.9. The Morgan fingerprint density at radius 3 is 2.36 bits per heavy atom. The van der Waals surface area contributed by atoms with Gasteiger partial charge in [-0.25, -0.2) is 4.68 Å². The van der Waals surface area contributed by atoms with Gasteiger partial charge in [0.15, 0.2) is 0 Å². The smallest absolute Gasteiger partial charge is 0.312 e. The first-order valence-corrected chi connectivity index (χ1v) is 11.2. The van der Waals surface area contributed by atoms with Crippen LogP contribution in [0.3, 0.4) is 0 Å². The first-order chi connectivity index (χ1) is 15.7. The van der Waals surface area contributed by atoms with Crippen molar-refractivity contribution in [3.63, 3.8) is 0 Å². The number of carbonyl (C=O) groups excluding carboxylic acids is 1. The summed E-state index contributed by atoms with van der Waals surface area (Å²) >= 11 is 12.6. The van der Waals surface area contributed by atoms with Crippen molar-refractivity contribution in [2.75, 3.05) is 26.2 Å². The Kier molecular flexibility index (Phi) is 6.68. The monoisotopic (exact) mass is 491 g/mol. The normalized spacial score (nSPS) is 14.6. The van der Waals surface area contributed by atoms with Crippen LogP contribution in [0.4, 0.5) is 5.69 Å². The standard InChI is InChI=1S/C21H23Cl2N7O3/c1-14-20(30(32)33)15(2)29(24-14)13-28-7-6-19(25-28)21(31)27-10-8-26(9-11-27)12-16-17(22)4-3-5-18(16)23/h3-7H,8-13H2,1-2H3. The Bertz CT molecular complexity index is 1180. The van der Waals surface area contributed by atoms with Gasteiger partial charge in [0.05, 0.1) is 4.92 Å². The molecule has 1 aliphatic heterocycles. The van der Waals surface area contributed by atoms with Crippen LogP contribution in [0.15, 0.2) is 30.5 Å². The van der Waals surface area contributed by atoms with Gasteiger partial charge < -0.3 is 4.90 Å². The number of carbonyl (C=O) groups is 1. The molecule has 33 heavy (non-hydrogen) atoms. The molecule has 1 aromatic carbocycles. The number of hydrogen-bond donors (Lipinski definition) is 0. The Morgan fingerprint density at radius 2 is 1.76 bits per heavy atom. The minimum absolute atomic E-state index is 0.00518. The van der Waals surface area contributed by atoms with Gasteiger partial charge in [-0.05, 0) is 32.0 Å². The zero-order valence-electron chi connectivity index (χ0n) is 18.2. The molecule has 0 bridgehead atoms. The first-order valence-electron chi connectivity index (χ1n) is 10.4. The van der Waals surface area contributed by atoms with E-state index in [9.17, 15) is 14.9 Å². The maximum Gasteiger partial charge on any atom is 0.312 e. The molecule has 0 aliphatic carbocycles. The molecular weight excluding hydrogens is 469 g/mol. The zero-order valence-corrected chi connectivity index (χ0v) is 19.8. The Hall–Kier alpha value is -2.95. The van der Waals surface area contributed by atoms with Gasteiger partial charge in [-0.2, -0.15) is 10.2 Å². The highest BCUT2D eigenvalue weighted by Gasteiger charge is 2.25. The number of hydrogen-bond acceptors (Lipinski definition) is 6. The molecule has 2 aromatic heterocycles. The lowest BCUT2D eigenvalue weighted by atomic mass is 10.2. The van der Waals surface area contributed by atoms with Crippen molar-refractivity contribution in [2.24, 2.45) is 0 Å². The summed E-state index contributed by atoms with van der Waals surface area (Å²) in [6.07, 6.45) is 1.67. The summed E-state index contributed by atoms with van der Waals surface area (Å²) in [4.78, 5) is 27.7. The minimum atomic E-state index is -0.439. The summed E-state index contributed by atoms with van der Waals surface area (Å²) < 4.78 is 3.05. The highest BCUT2D eigenvalue weighted by atomic mass is 35.5. The molecule has 1 aliphatic rings. The number of benzene rings is 1. The number of halogens is 2. The summed E-state index contributed by atoms with van der Waals surface area (Å²) in [6, 6.07) is 7.12. The number of aryl methyl sites for hydroxylation is 1. The fraction of sp³-hybridized carbons (Fsp3) is 0.381. The van der Waals surface area contributed by atoms with Crippen molar-refractivity contribution in [1.29, 1.82) is 0 Å². The van der Waals surface area contributed by atoms with Crippen molar-refractivity contribution in [2.45, 2.75) is 27.1 Å². The fourth-order valence-electron chi connectivity index (χ4n) is 3.96. The van der Waals surface area contributed by atoms with Crippen LogP contribution in [0.5, 0.6) is 0 Å². The topological polar surface area (TPSA) is 102 Å². The molecule has 4 rings (SSSR count). The molecule has 3 heterocycles. The van der Waals surface area contributed by atoms with Crippen molar-refractivity contribution in [3.8, 4) is 0 Å². The average Bonchev–Trinajstić information content (AvgIpc) is 3.35. The van der Waals surface area contributed by atoms with Crippen molar-refractivity contribution >= 4 is 34.8 Å². The van der Waals surface area contributed by atoms with Crippen molar-refractivity contribution < 1.29 is 9.72 Å². The van der Waals surface area contributed by atoms with Gasteiger partial charge in [-0.15, -0.1) is 0 Å². The van der Waals surface area contributed by atoms with E-state index in [1.54, 1.807) is 35.7 Å². The number of piperazine rings is 1. The summed E-state index contributed by atoms with van der Waals surface area (Å²) in [7, 11) is 0. The second kappa shape index (κ2) is 9.50. The predicted molar refractivity (Wildman–Crippen MR) is 124 cm³/mol. The lowest BCUT2D eigenvalue weighted by molar-refractivity contribution is -0.386. The molecule has 1 fully saturated rings. The average molecular weight is 492 g/mol. The molecule has 0 radical (unpaired) electrons. The molecule has 1 saturated heterocycles. The van der Waals surface area contributed by atoms with Gasteiger partial charge in [0, 0.05) is 54.5 Å². The lowest BCUT2D eigenvalue weighted by Crippen LogP contribution is -2.48. The Balaban J connectivity index is 1.37. The van der Waals surface area contributed by atoms with E-state index in [1.165, 1.54) is 4.68 Å². The van der Waals surface area contributed by atoms with Crippen molar-refractivity contribution in [3.05, 3.63) is 73.3 Å². The largest absolute Gasteiger partial charge is 0.335 e. The molecule has 0 unspecified atom stereocenters. The van der Waals surface area contributed by atoms with Gasteiger partial charge in [-0.3, -0.25) is 24.5 Å². The summed E-state index contributed by atoms with van der Waals surface area (Å²) in [5, 5.41) is 21.1. The highest BCUT2D eigenvalue weighted by molar-refractivity contribution is 6.35. The SMILES string of the molecule is Cc1nn(Cn2ccc(C(=O)N3CCN(Cc4c(Cl)cccc4Cl)CC3)n2)c(C)c1[N+](=O)[O-]. The molecule has 0 atom stereocenters. The second-order valence-electron chi connectivity index (χ2n) is 7.93. The van der Waals surface area contributed by atoms with Crippen LogP contribution in [0.2, 0.25) is 10.0 Å². The number of rotatable bonds is 6. The number of nitro groups is 1. The van der Waals surface area contributed by atoms with Crippen LogP contribution in [-0.2, 0) is 13.2 Å². The molecule has 3 aromatic rings. The van der Waals surface area contributed by atoms with E-state index in [1.807, 2.05) is 18.2 Å². The van der Waals surface area contributed by atoms with Gasteiger partial charge in [0.1, 0.15) is 23.8 Å². The van der Waals surface area contributed by atoms with E-state index in [2.05, 4.69) is 15.1 Å². The molecule has 1 amide bonds. The van der Waals surface area contributed by atoms with Crippen LogP contribution in [0.1, 0.15) is 27.4 Å². The molecule has 0 N–H and O–H groups in total. The summed E-state index contributed by atoms with van der Waals surface area (Å²) in [5.41, 5.74) is 2.00. The van der Waals surface area contributed by atoms with Crippen molar-refractivity contribution in [1.82, 2.24) is 29.4 Å². The van der Waals surface area contributed by atoms with E-state index < -0.39 is 4.92 Å². The number of aromatic nitrogens is 4. The summed E-state index contributed by atoms with van der Waals surface area (Å²) in [6.45, 7) is 6.58. The van der Waals surface area contributed by atoms with E-state index in [4.69, 9.17) is 23.2 Å². The van der Waals surface area contributed by atoms with Crippen LogP contribution in [-0.4, -0.2) is 66.4 Å². The quantitative estimate of drug-likeness (QED) is 0.386. The van der Waals surface area contributed by atoms with E-state index in [0.717, 1.165) is 5.56 Å². The third kappa shape index (κ3) is 4.87. The second-order valence-corrected chi connectivity index (χ2v) is 8.74. The molecule has 0 spiro atoms. The summed E-state index contributed by atoms with van der Waals surface area (Å²) in [5.74, 6) is -0.150. The van der Waals surface area contributed by atoms with Gasteiger partial charge in [-0.1, -0.05) is 29.3 Å². The third-order valence-corrected chi connectivity index (χ3v) is 6.48. The van der Waals surface area contributed by atoms with Crippen LogP contribution >= 0.6 is 23.2 Å². The minimum Gasteiger partial charge on any atom is -0.335 e. The third-order valence-electron chi connectivity index (χ3n) is 5.77. The molecule has 0 saturated carbocycles. The van der Waals surface area contributed by atoms with Crippen LogP contribution < -0.4 is 0 Å².